The molecule has 0 saturated carbocycles. The van der Waals surface area contributed by atoms with Gasteiger partial charge in [-0.25, -0.2) is 0 Å². The van der Waals surface area contributed by atoms with E-state index in [9.17, 15) is 18.4 Å². The average Bonchev–Trinajstić information content (AvgIpc) is 2.61. The molecule has 2 heterocycles. The van der Waals surface area contributed by atoms with Crippen molar-refractivity contribution >= 4 is 5.82 Å². The van der Waals surface area contributed by atoms with Crippen LogP contribution in [0.3, 0.4) is 0 Å². The van der Waals surface area contributed by atoms with Crippen LogP contribution in [0.2, 0.25) is 0 Å². The van der Waals surface area contributed by atoms with E-state index in [0.717, 1.165) is 43.6 Å². The molecule has 0 spiro atoms. The fraction of sp³-hybridized carbons (Fsp3) is 0.421. The number of halogens is 3. The van der Waals surface area contributed by atoms with Gasteiger partial charge in [0.05, 0.1) is 22.9 Å². The third-order valence-corrected chi connectivity index (χ3v) is 4.68. The topological polar surface area (TPSA) is 64.8 Å². The highest BCUT2D eigenvalue weighted by Crippen LogP contribution is 2.33. The Balaban J connectivity index is 1.87. The van der Waals surface area contributed by atoms with Crippen molar-refractivity contribution in [1.82, 2.24) is 15.1 Å². The quantitative estimate of drug-likeness (QED) is 0.883. The van der Waals surface area contributed by atoms with Crippen LogP contribution < -0.4 is 5.32 Å². The highest BCUT2D eigenvalue weighted by molar-refractivity contribution is 5.71. The van der Waals surface area contributed by atoms with Crippen LogP contribution in [0, 0.1) is 18.3 Å². The summed E-state index contributed by atoms with van der Waals surface area (Å²) in [4.78, 5) is 2.25. The summed E-state index contributed by atoms with van der Waals surface area (Å²) >= 11 is 0. The van der Waals surface area contributed by atoms with Gasteiger partial charge in [-0.2, -0.15) is 18.4 Å². The van der Waals surface area contributed by atoms with E-state index in [1.54, 1.807) is 6.92 Å². The number of nitrogens with one attached hydrogen (secondary N) is 1. The number of aromatic nitrogens is 2. The summed E-state index contributed by atoms with van der Waals surface area (Å²) in [6.45, 7) is 3.80. The molecule has 0 amide bonds. The summed E-state index contributed by atoms with van der Waals surface area (Å²) in [6, 6.07) is 7.01. The summed E-state index contributed by atoms with van der Waals surface area (Å²) in [5, 5.41) is 21.0. The first-order valence-corrected chi connectivity index (χ1v) is 8.69. The van der Waals surface area contributed by atoms with E-state index in [4.69, 9.17) is 0 Å². The number of aryl methyl sites for hydroxylation is 1. The van der Waals surface area contributed by atoms with Crippen molar-refractivity contribution in [2.45, 2.75) is 32.0 Å². The molecule has 1 saturated heterocycles. The summed E-state index contributed by atoms with van der Waals surface area (Å²) in [5.74, 6) is 0.627. The fourth-order valence-corrected chi connectivity index (χ4v) is 3.33. The first-order chi connectivity index (χ1) is 12.8. The Bertz CT molecular complexity index is 873. The first kappa shape index (κ1) is 19.1. The number of likely N-dealkylation sites (N-methyl/N-ethyl adjacent to an activating group) is 1. The van der Waals surface area contributed by atoms with Crippen LogP contribution >= 0.6 is 0 Å². The number of benzene rings is 1. The van der Waals surface area contributed by atoms with E-state index in [0.29, 0.717) is 17.1 Å². The number of alkyl halides is 3. The molecule has 3 rings (SSSR count). The molecule has 1 fully saturated rings. The Morgan fingerprint density at radius 1 is 1.26 bits per heavy atom. The highest BCUT2D eigenvalue weighted by atomic mass is 19.4. The average molecular weight is 375 g/mol. The van der Waals surface area contributed by atoms with Crippen LogP contribution in [-0.2, 0) is 6.18 Å². The number of nitriles is 1. The van der Waals surface area contributed by atoms with Crippen molar-refractivity contribution in [3.05, 3.63) is 41.0 Å². The van der Waals surface area contributed by atoms with Gasteiger partial charge in [-0.3, -0.25) is 0 Å². The summed E-state index contributed by atoms with van der Waals surface area (Å²) in [6.07, 6.45) is -2.34. The summed E-state index contributed by atoms with van der Waals surface area (Å²) in [7, 11) is 2.07. The van der Waals surface area contributed by atoms with Gasteiger partial charge in [0, 0.05) is 18.2 Å². The molecule has 1 aliphatic rings. The second kappa shape index (κ2) is 7.53. The van der Waals surface area contributed by atoms with Crippen molar-refractivity contribution in [2.24, 2.45) is 0 Å². The Hall–Kier alpha value is -2.66. The number of piperidine rings is 1. The van der Waals surface area contributed by atoms with E-state index >= 15 is 0 Å². The maximum Gasteiger partial charge on any atom is 0.416 e. The van der Waals surface area contributed by atoms with Gasteiger partial charge in [-0.1, -0.05) is 6.07 Å². The normalized spacial score (nSPS) is 18.1. The molecule has 0 aliphatic carbocycles. The first-order valence-electron chi connectivity index (χ1n) is 8.69. The largest absolute Gasteiger partial charge is 0.416 e. The van der Waals surface area contributed by atoms with Crippen molar-refractivity contribution in [3.8, 4) is 17.3 Å². The van der Waals surface area contributed by atoms with Gasteiger partial charge in [0.1, 0.15) is 5.82 Å². The lowest BCUT2D eigenvalue weighted by atomic mass is 9.99. The summed E-state index contributed by atoms with van der Waals surface area (Å²) in [5.41, 5.74) is 0.573. The van der Waals surface area contributed by atoms with E-state index in [-0.39, 0.29) is 11.6 Å². The fourth-order valence-electron chi connectivity index (χ4n) is 3.33. The predicted octanol–water partition coefficient (Wildman–Crippen LogP) is 3.85. The Labute approximate surface area is 155 Å². The van der Waals surface area contributed by atoms with Gasteiger partial charge in [-0.15, -0.1) is 10.2 Å². The molecule has 1 N–H and O–H groups in total. The third-order valence-electron chi connectivity index (χ3n) is 4.68. The van der Waals surface area contributed by atoms with Crippen molar-refractivity contribution in [3.63, 3.8) is 0 Å². The molecular formula is C19H20F3N5. The van der Waals surface area contributed by atoms with Crippen LogP contribution in [0.1, 0.15) is 29.5 Å². The molecule has 0 bridgehead atoms. The van der Waals surface area contributed by atoms with Gasteiger partial charge in [0.15, 0.2) is 0 Å². The van der Waals surface area contributed by atoms with E-state index in [1.807, 2.05) is 12.1 Å². The third kappa shape index (κ3) is 4.37. The molecule has 142 valence electrons. The second-order valence-corrected chi connectivity index (χ2v) is 6.88. The molecule has 2 aromatic rings. The highest BCUT2D eigenvalue weighted by Gasteiger charge is 2.31. The van der Waals surface area contributed by atoms with Gasteiger partial charge in [-0.05, 0) is 57.1 Å². The number of nitrogens with zero attached hydrogens (tertiary/aromatic N) is 4. The molecule has 1 atom stereocenters. The zero-order chi connectivity index (χ0) is 19.6. The van der Waals surface area contributed by atoms with Crippen molar-refractivity contribution < 1.29 is 13.2 Å². The van der Waals surface area contributed by atoms with Crippen molar-refractivity contribution in [1.29, 1.82) is 5.26 Å². The van der Waals surface area contributed by atoms with Gasteiger partial charge < -0.3 is 10.2 Å². The Morgan fingerprint density at radius 2 is 2.04 bits per heavy atom. The molecule has 8 heteroatoms. The van der Waals surface area contributed by atoms with E-state index in [1.165, 1.54) is 6.07 Å². The SMILES string of the molecule is Cc1cc(N[C@@H]2CCCN(C)C2)nnc1-c1ccc(C(F)(F)F)cc1C#N. The molecular weight excluding hydrogens is 355 g/mol. The van der Waals surface area contributed by atoms with E-state index in [2.05, 4.69) is 27.5 Å². The maximum atomic E-state index is 12.9. The zero-order valence-electron chi connectivity index (χ0n) is 15.1. The lowest BCUT2D eigenvalue weighted by Gasteiger charge is -2.30. The molecule has 5 nitrogen and oxygen atoms in total. The maximum absolute atomic E-state index is 12.9. The van der Waals surface area contributed by atoms with Crippen LogP contribution in [0.15, 0.2) is 24.3 Å². The minimum absolute atomic E-state index is 0.0724. The van der Waals surface area contributed by atoms with Gasteiger partial charge in [0.25, 0.3) is 0 Å². The lowest BCUT2D eigenvalue weighted by Crippen LogP contribution is -2.39. The standard InChI is InChI=1S/C19H20F3N5/c1-12-8-17(24-15-4-3-7-27(2)11-15)25-26-18(12)16-6-5-14(19(20,21)22)9-13(16)10-23/h5-6,8-9,15H,3-4,7,11H2,1-2H3,(H,24,25)/t15-/m1/s1. The monoisotopic (exact) mass is 375 g/mol. The van der Waals surface area contributed by atoms with E-state index < -0.39 is 11.7 Å². The molecule has 0 radical (unpaired) electrons. The molecule has 0 unspecified atom stereocenters. The Kier molecular flexibility index (Phi) is 5.33. The smallest absolute Gasteiger partial charge is 0.365 e. The Morgan fingerprint density at radius 3 is 2.67 bits per heavy atom. The van der Waals surface area contributed by atoms with Crippen LogP contribution in [0.25, 0.3) is 11.3 Å². The number of anilines is 1. The van der Waals surface area contributed by atoms with Crippen LogP contribution in [0.4, 0.5) is 19.0 Å². The minimum Gasteiger partial charge on any atom is -0.365 e. The van der Waals surface area contributed by atoms with Crippen molar-refractivity contribution in [2.75, 3.05) is 25.5 Å². The number of rotatable bonds is 3. The predicted molar refractivity (Wildman–Crippen MR) is 96.1 cm³/mol. The molecule has 1 aromatic heterocycles. The minimum atomic E-state index is -4.49. The van der Waals surface area contributed by atoms with Gasteiger partial charge in [0.2, 0.25) is 0 Å². The van der Waals surface area contributed by atoms with Crippen LogP contribution in [0.5, 0.6) is 0 Å². The number of likely N-dealkylation sites (tertiary alicyclic amines) is 1. The molecule has 1 aliphatic heterocycles. The van der Waals surface area contributed by atoms with Gasteiger partial charge >= 0.3 is 6.18 Å². The lowest BCUT2D eigenvalue weighted by molar-refractivity contribution is -0.137. The number of hydrogen-bond acceptors (Lipinski definition) is 5. The van der Waals surface area contributed by atoms with Crippen LogP contribution in [-0.4, -0.2) is 41.3 Å². The molecule has 27 heavy (non-hydrogen) atoms. The molecule has 1 aromatic carbocycles. The summed E-state index contributed by atoms with van der Waals surface area (Å²) < 4.78 is 38.6. The number of hydrogen-bond donors (Lipinski definition) is 1. The zero-order valence-corrected chi connectivity index (χ0v) is 15.1. The second-order valence-electron chi connectivity index (χ2n) is 6.88.